The highest BCUT2D eigenvalue weighted by molar-refractivity contribution is 5.96. The largest absolute Gasteiger partial charge is 0.493 e. The molecule has 1 aliphatic heterocycles. The molecule has 0 saturated heterocycles. The van der Waals surface area contributed by atoms with Crippen molar-refractivity contribution in [1.82, 2.24) is 14.7 Å². The Labute approximate surface area is 235 Å². The molecular formula is C31H38N4O5. The van der Waals surface area contributed by atoms with E-state index >= 15 is 0 Å². The van der Waals surface area contributed by atoms with Gasteiger partial charge in [0.2, 0.25) is 11.8 Å². The van der Waals surface area contributed by atoms with E-state index in [0.717, 1.165) is 46.5 Å². The van der Waals surface area contributed by atoms with Crippen molar-refractivity contribution in [2.45, 2.75) is 58.9 Å². The van der Waals surface area contributed by atoms with Crippen LogP contribution in [0.3, 0.4) is 0 Å². The van der Waals surface area contributed by atoms with E-state index in [1.54, 1.807) is 24.7 Å². The Kier molecular flexibility index (Phi) is 8.61. The smallest absolute Gasteiger partial charge is 0.323 e. The number of carbonyl (C=O) groups is 3. The van der Waals surface area contributed by atoms with E-state index in [2.05, 4.69) is 18.1 Å². The minimum Gasteiger partial charge on any atom is -0.493 e. The van der Waals surface area contributed by atoms with Crippen LogP contribution in [0, 0.1) is 13.8 Å². The number of aryl methyl sites for hydroxylation is 1. The van der Waals surface area contributed by atoms with Crippen LogP contribution in [-0.4, -0.2) is 64.3 Å². The fourth-order valence-electron chi connectivity index (χ4n) is 5.18. The van der Waals surface area contributed by atoms with Crippen LogP contribution in [0.15, 0.2) is 48.8 Å². The quantitative estimate of drug-likeness (QED) is 0.373. The van der Waals surface area contributed by atoms with Gasteiger partial charge in [0.15, 0.2) is 0 Å². The average molecular weight is 547 g/mol. The van der Waals surface area contributed by atoms with Gasteiger partial charge in [-0.2, -0.15) is 5.10 Å². The van der Waals surface area contributed by atoms with Crippen LogP contribution in [0.25, 0.3) is 11.1 Å². The number of carbonyl (C=O) groups excluding carboxylic acids is 2. The zero-order valence-corrected chi connectivity index (χ0v) is 23.9. The standard InChI is InChI=1S/C31H38N4O5/c1-21-10-6-14-27(22(21)2)40-17-9-15-28(36)34-16-8-12-25-24(11-7-13-26(25)34)23-18-32-35(19-23)31(3,4)30(39)33(5)20-29(37)38/h6-7,10-11,13-14,18-19H,8-9,12,15-17,20H2,1-5H3,(H,37,38). The molecule has 0 spiro atoms. The molecule has 2 amide bonds. The van der Waals surface area contributed by atoms with Gasteiger partial charge in [-0.1, -0.05) is 24.3 Å². The summed E-state index contributed by atoms with van der Waals surface area (Å²) in [7, 11) is 1.47. The Bertz CT molecular complexity index is 1410. The van der Waals surface area contributed by atoms with Crippen LogP contribution in [0.2, 0.25) is 0 Å². The number of carboxylic acids is 1. The highest BCUT2D eigenvalue weighted by Crippen LogP contribution is 2.36. The number of aliphatic carboxylic acids is 1. The van der Waals surface area contributed by atoms with E-state index < -0.39 is 11.5 Å². The van der Waals surface area contributed by atoms with Gasteiger partial charge in [0.25, 0.3) is 0 Å². The molecule has 2 aromatic carbocycles. The highest BCUT2D eigenvalue weighted by Gasteiger charge is 2.34. The Morgan fingerprint density at radius 2 is 1.88 bits per heavy atom. The minimum absolute atomic E-state index is 0.0755. The van der Waals surface area contributed by atoms with Crippen molar-refractivity contribution >= 4 is 23.5 Å². The van der Waals surface area contributed by atoms with E-state index in [9.17, 15) is 14.4 Å². The summed E-state index contributed by atoms with van der Waals surface area (Å²) in [6.07, 6.45) is 6.24. The number of likely N-dealkylation sites (N-methyl/N-ethyl adjacent to an activating group) is 1. The topological polar surface area (TPSA) is 105 Å². The number of aromatic nitrogens is 2. The number of hydrogen-bond acceptors (Lipinski definition) is 5. The van der Waals surface area contributed by atoms with Crippen molar-refractivity contribution < 1.29 is 24.2 Å². The van der Waals surface area contributed by atoms with Crippen LogP contribution >= 0.6 is 0 Å². The lowest BCUT2D eigenvalue weighted by Gasteiger charge is -2.31. The maximum atomic E-state index is 13.3. The fourth-order valence-corrected chi connectivity index (χ4v) is 5.18. The Morgan fingerprint density at radius 3 is 2.62 bits per heavy atom. The monoisotopic (exact) mass is 546 g/mol. The summed E-state index contributed by atoms with van der Waals surface area (Å²) in [5.41, 5.74) is 5.04. The van der Waals surface area contributed by atoms with Gasteiger partial charge in [-0.25, -0.2) is 0 Å². The molecule has 212 valence electrons. The molecule has 1 aliphatic rings. The summed E-state index contributed by atoms with van der Waals surface area (Å²) >= 11 is 0. The molecule has 1 N–H and O–H groups in total. The van der Waals surface area contributed by atoms with Gasteiger partial charge < -0.3 is 19.6 Å². The third-order valence-corrected chi connectivity index (χ3v) is 7.61. The van der Waals surface area contributed by atoms with Gasteiger partial charge in [-0.15, -0.1) is 0 Å². The average Bonchev–Trinajstić information content (AvgIpc) is 3.43. The second kappa shape index (κ2) is 11.9. The second-order valence-electron chi connectivity index (χ2n) is 10.9. The first-order valence-corrected chi connectivity index (χ1v) is 13.6. The molecule has 4 rings (SSSR count). The SMILES string of the molecule is Cc1cccc(OCCCC(=O)N2CCCc3c(-c4cnn(C(C)(C)C(=O)N(C)CC(=O)O)c4)cccc32)c1C. The maximum Gasteiger partial charge on any atom is 0.323 e. The summed E-state index contributed by atoms with van der Waals surface area (Å²) in [5.74, 6) is -0.486. The number of nitrogens with zero attached hydrogens (tertiary/aromatic N) is 4. The van der Waals surface area contributed by atoms with E-state index in [-0.39, 0.29) is 18.4 Å². The van der Waals surface area contributed by atoms with Gasteiger partial charge in [0.1, 0.15) is 17.8 Å². The number of anilines is 1. The molecule has 9 nitrogen and oxygen atoms in total. The van der Waals surface area contributed by atoms with Crippen LogP contribution in [0.5, 0.6) is 5.75 Å². The van der Waals surface area contributed by atoms with E-state index in [4.69, 9.17) is 9.84 Å². The molecule has 0 atom stereocenters. The number of rotatable bonds is 10. The van der Waals surface area contributed by atoms with Crippen LogP contribution in [0.4, 0.5) is 5.69 Å². The Balaban J connectivity index is 1.47. The van der Waals surface area contributed by atoms with Gasteiger partial charge in [-0.05, 0) is 81.3 Å². The zero-order valence-electron chi connectivity index (χ0n) is 23.9. The van der Waals surface area contributed by atoms with Crippen LogP contribution < -0.4 is 9.64 Å². The zero-order chi connectivity index (χ0) is 29.0. The molecule has 0 saturated carbocycles. The first kappa shape index (κ1) is 28.9. The van der Waals surface area contributed by atoms with Gasteiger partial charge in [0, 0.05) is 37.5 Å². The van der Waals surface area contributed by atoms with E-state index in [1.165, 1.54) is 17.5 Å². The molecular weight excluding hydrogens is 508 g/mol. The van der Waals surface area contributed by atoms with Crippen molar-refractivity contribution in [3.05, 3.63) is 65.5 Å². The first-order valence-electron chi connectivity index (χ1n) is 13.6. The van der Waals surface area contributed by atoms with Gasteiger partial charge in [-0.3, -0.25) is 19.1 Å². The van der Waals surface area contributed by atoms with Crippen molar-refractivity contribution in [3.63, 3.8) is 0 Å². The lowest BCUT2D eigenvalue weighted by molar-refractivity contribution is -0.147. The number of amides is 2. The lowest BCUT2D eigenvalue weighted by atomic mass is 9.93. The van der Waals surface area contributed by atoms with Crippen molar-refractivity contribution in [3.8, 4) is 16.9 Å². The number of benzene rings is 2. The third-order valence-electron chi connectivity index (χ3n) is 7.61. The molecule has 0 unspecified atom stereocenters. The predicted molar refractivity (Wildman–Crippen MR) is 154 cm³/mol. The molecule has 0 radical (unpaired) electrons. The Hall–Kier alpha value is -4.14. The van der Waals surface area contributed by atoms with E-state index in [1.807, 2.05) is 48.4 Å². The summed E-state index contributed by atoms with van der Waals surface area (Å²) in [5, 5.41) is 13.5. The summed E-state index contributed by atoms with van der Waals surface area (Å²) in [6, 6.07) is 11.9. The molecule has 40 heavy (non-hydrogen) atoms. The molecule has 3 aromatic rings. The fraction of sp³-hybridized carbons (Fsp3) is 0.419. The summed E-state index contributed by atoms with van der Waals surface area (Å²) in [6.45, 7) is 8.30. The molecule has 0 aliphatic carbocycles. The Morgan fingerprint density at radius 1 is 1.12 bits per heavy atom. The third kappa shape index (κ3) is 6.03. The first-order chi connectivity index (χ1) is 19.0. The number of carboxylic acid groups (broad SMARTS) is 1. The van der Waals surface area contributed by atoms with Crippen molar-refractivity contribution in [2.75, 3.05) is 31.6 Å². The predicted octanol–water partition coefficient (Wildman–Crippen LogP) is 4.58. The van der Waals surface area contributed by atoms with Gasteiger partial charge >= 0.3 is 5.97 Å². The van der Waals surface area contributed by atoms with E-state index in [0.29, 0.717) is 26.0 Å². The molecule has 0 fully saturated rings. The molecule has 0 bridgehead atoms. The van der Waals surface area contributed by atoms with Crippen LogP contribution in [-0.2, 0) is 26.3 Å². The van der Waals surface area contributed by atoms with Crippen LogP contribution in [0.1, 0.15) is 49.8 Å². The minimum atomic E-state index is -1.07. The number of hydrogen-bond donors (Lipinski definition) is 1. The second-order valence-corrected chi connectivity index (χ2v) is 10.9. The summed E-state index contributed by atoms with van der Waals surface area (Å²) < 4.78 is 7.52. The highest BCUT2D eigenvalue weighted by atomic mass is 16.5. The maximum absolute atomic E-state index is 13.3. The summed E-state index contributed by atoms with van der Waals surface area (Å²) in [4.78, 5) is 40.4. The van der Waals surface area contributed by atoms with Gasteiger partial charge in [0.05, 0.1) is 12.8 Å². The van der Waals surface area contributed by atoms with Crippen molar-refractivity contribution in [2.24, 2.45) is 0 Å². The number of fused-ring (bicyclic) bond motifs is 1. The normalized spacial score (nSPS) is 13.1. The molecule has 1 aromatic heterocycles. The van der Waals surface area contributed by atoms with Crippen molar-refractivity contribution in [1.29, 1.82) is 0 Å². The molecule has 9 heteroatoms. The lowest BCUT2D eigenvalue weighted by Crippen LogP contribution is -2.47. The molecule has 2 heterocycles. The number of ether oxygens (including phenoxy) is 1.